The Bertz CT molecular complexity index is 685. The summed E-state index contributed by atoms with van der Waals surface area (Å²) in [6.45, 7) is 1.85. The number of benzene rings is 1. The van der Waals surface area contributed by atoms with Crippen LogP contribution in [0, 0.1) is 6.92 Å². The number of hydrogen-bond acceptors (Lipinski definition) is 3. The van der Waals surface area contributed by atoms with Gasteiger partial charge < -0.3 is 4.98 Å². The van der Waals surface area contributed by atoms with Crippen LogP contribution in [0.2, 0.25) is 0 Å². The molecular formula is C13H13N3O2. The second-order valence-electron chi connectivity index (χ2n) is 4.65. The number of H-pyrrole nitrogens is 1. The highest BCUT2D eigenvalue weighted by Gasteiger charge is 2.39. The number of carbonyl (C=O) groups is 2. The smallest absolute Gasteiger partial charge is 0.277 e. The van der Waals surface area contributed by atoms with Gasteiger partial charge in [-0.1, -0.05) is 0 Å². The Kier molecular flexibility index (Phi) is 2.09. The summed E-state index contributed by atoms with van der Waals surface area (Å²) in [5, 5.41) is 3.49. The van der Waals surface area contributed by atoms with Crippen molar-refractivity contribution >= 4 is 22.7 Å². The summed E-state index contributed by atoms with van der Waals surface area (Å²) >= 11 is 0. The van der Waals surface area contributed by atoms with E-state index in [1.807, 2.05) is 19.1 Å². The zero-order valence-corrected chi connectivity index (χ0v) is 10.4. The van der Waals surface area contributed by atoms with Gasteiger partial charge in [0.2, 0.25) is 0 Å². The standard InChI is InChI=1S/C13H13N3O2/c1-7-6-9-8(4-5-14-9)11-10(7)12(17)16(13(11)18)15(2)3/h4-6,14H,1-3H3. The third kappa shape index (κ3) is 1.19. The molecule has 1 aromatic heterocycles. The minimum Gasteiger partial charge on any atom is -0.361 e. The summed E-state index contributed by atoms with van der Waals surface area (Å²) < 4.78 is 0. The number of hydrogen-bond donors (Lipinski definition) is 1. The van der Waals surface area contributed by atoms with Gasteiger partial charge in [0.15, 0.2) is 0 Å². The average Bonchev–Trinajstić information content (AvgIpc) is 2.82. The zero-order chi connectivity index (χ0) is 13.0. The van der Waals surface area contributed by atoms with Crippen molar-refractivity contribution < 1.29 is 9.59 Å². The molecule has 1 aliphatic heterocycles. The van der Waals surface area contributed by atoms with E-state index in [-0.39, 0.29) is 11.8 Å². The van der Waals surface area contributed by atoms with Crippen molar-refractivity contribution in [3.05, 3.63) is 35.0 Å². The van der Waals surface area contributed by atoms with Crippen molar-refractivity contribution in [3.63, 3.8) is 0 Å². The number of carbonyl (C=O) groups excluding carboxylic acids is 2. The quantitative estimate of drug-likeness (QED) is 0.773. The summed E-state index contributed by atoms with van der Waals surface area (Å²) in [4.78, 5) is 27.7. The van der Waals surface area contributed by atoms with Gasteiger partial charge in [-0.25, -0.2) is 10.0 Å². The highest BCUT2D eigenvalue weighted by molar-refractivity contribution is 6.26. The third-order valence-corrected chi connectivity index (χ3v) is 3.27. The number of fused-ring (bicyclic) bond motifs is 3. The first-order chi connectivity index (χ1) is 8.52. The van der Waals surface area contributed by atoms with E-state index < -0.39 is 0 Å². The average molecular weight is 243 g/mol. The van der Waals surface area contributed by atoms with Gasteiger partial charge in [0.1, 0.15) is 0 Å². The molecule has 0 atom stereocenters. The maximum absolute atomic E-state index is 12.4. The highest BCUT2D eigenvalue weighted by atomic mass is 16.2. The summed E-state index contributed by atoms with van der Waals surface area (Å²) in [5.41, 5.74) is 2.72. The van der Waals surface area contributed by atoms with Crippen LogP contribution >= 0.6 is 0 Å². The lowest BCUT2D eigenvalue weighted by Crippen LogP contribution is -2.41. The van der Waals surface area contributed by atoms with Crippen LogP contribution in [0.15, 0.2) is 18.3 Å². The van der Waals surface area contributed by atoms with Crippen LogP contribution in [0.3, 0.4) is 0 Å². The zero-order valence-electron chi connectivity index (χ0n) is 10.4. The second-order valence-corrected chi connectivity index (χ2v) is 4.65. The predicted octanol–water partition coefficient (Wildman–Crippen LogP) is 1.55. The van der Waals surface area contributed by atoms with Crippen LogP contribution < -0.4 is 0 Å². The van der Waals surface area contributed by atoms with Crippen LogP contribution in [0.5, 0.6) is 0 Å². The molecule has 0 aliphatic carbocycles. The summed E-state index contributed by atoms with van der Waals surface area (Å²) in [7, 11) is 3.37. The molecule has 0 fully saturated rings. The molecule has 0 bridgehead atoms. The molecule has 0 saturated heterocycles. The topological polar surface area (TPSA) is 56.4 Å². The molecule has 3 rings (SSSR count). The molecule has 2 amide bonds. The number of imide groups is 1. The van der Waals surface area contributed by atoms with Crippen molar-refractivity contribution in [1.29, 1.82) is 0 Å². The fourth-order valence-corrected chi connectivity index (χ4v) is 2.51. The van der Waals surface area contributed by atoms with E-state index >= 15 is 0 Å². The Hall–Kier alpha value is -2.14. The molecule has 1 aromatic carbocycles. The number of aryl methyl sites for hydroxylation is 1. The molecule has 5 nitrogen and oxygen atoms in total. The first-order valence-corrected chi connectivity index (χ1v) is 5.69. The van der Waals surface area contributed by atoms with Gasteiger partial charge in [-0.15, -0.1) is 0 Å². The lowest BCUT2D eigenvalue weighted by molar-refractivity contribution is 0.0235. The molecule has 2 heterocycles. The van der Waals surface area contributed by atoms with E-state index in [0.29, 0.717) is 11.1 Å². The first-order valence-electron chi connectivity index (χ1n) is 5.69. The van der Waals surface area contributed by atoms with Gasteiger partial charge in [-0.2, -0.15) is 0 Å². The molecule has 0 spiro atoms. The van der Waals surface area contributed by atoms with Crippen molar-refractivity contribution in [2.45, 2.75) is 6.92 Å². The fourth-order valence-electron chi connectivity index (χ4n) is 2.51. The minimum absolute atomic E-state index is 0.249. The Morgan fingerprint density at radius 1 is 1.17 bits per heavy atom. The minimum atomic E-state index is -0.256. The number of nitrogens with one attached hydrogen (secondary N) is 1. The van der Waals surface area contributed by atoms with E-state index in [9.17, 15) is 9.59 Å². The van der Waals surface area contributed by atoms with Crippen molar-refractivity contribution in [2.24, 2.45) is 0 Å². The summed E-state index contributed by atoms with van der Waals surface area (Å²) in [6.07, 6.45) is 1.78. The van der Waals surface area contributed by atoms with E-state index in [4.69, 9.17) is 0 Å². The SMILES string of the molecule is Cc1cc2[nH]ccc2c2c1C(=O)N(N(C)C)C2=O. The Labute approximate surface area is 104 Å². The molecule has 2 aromatic rings. The third-order valence-electron chi connectivity index (χ3n) is 3.27. The van der Waals surface area contributed by atoms with Gasteiger partial charge in [-0.3, -0.25) is 9.59 Å². The second kappa shape index (κ2) is 3.43. The van der Waals surface area contributed by atoms with Gasteiger partial charge in [0.05, 0.1) is 11.1 Å². The van der Waals surface area contributed by atoms with E-state index in [1.54, 1.807) is 20.3 Å². The number of nitrogens with zero attached hydrogens (tertiary/aromatic N) is 2. The summed E-state index contributed by atoms with van der Waals surface area (Å²) in [5.74, 6) is -0.506. The van der Waals surface area contributed by atoms with Gasteiger partial charge >= 0.3 is 0 Å². The van der Waals surface area contributed by atoms with Crippen LogP contribution in [0.4, 0.5) is 0 Å². The molecular weight excluding hydrogens is 230 g/mol. The molecule has 1 N–H and O–H groups in total. The molecule has 0 saturated carbocycles. The van der Waals surface area contributed by atoms with Gasteiger partial charge in [0, 0.05) is 31.2 Å². The van der Waals surface area contributed by atoms with Crippen LogP contribution in [-0.4, -0.2) is 40.9 Å². The molecule has 1 aliphatic rings. The molecule has 5 heteroatoms. The lowest BCUT2D eigenvalue weighted by atomic mass is 10.00. The number of amides is 2. The lowest BCUT2D eigenvalue weighted by Gasteiger charge is -2.20. The Morgan fingerprint density at radius 2 is 1.83 bits per heavy atom. The van der Waals surface area contributed by atoms with Crippen LogP contribution in [0.1, 0.15) is 26.3 Å². The maximum Gasteiger partial charge on any atom is 0.277 e. The molecule has 0 unspecified atom stereocenters. The fraction of sp³-hybridized carbons (Fsp3) is 0.231. The van der Waals surface area contributed by atoms with Crippen molar-refractivity contribution in [2.75, 3.05) is 14.1 Å². The van der Waals surface area contributed by atoms with E-state index in [1.165, 1.54) is 10.0 Å². The maximum atomic E-state index is 12.4. The Balaban J connectivity index is 2.38. The Morgan fingerprint density at radius 3 is 2.50 bits per heavy atom. The number of aromatic amines is 1. The number of rotatable bonds is 1. The number of hydrazine groups is 1. The molecule has 92 valence electrons. The van der Waals surface area contributed by atoms with Crippen molar-refractivity contribution in [3.8, 4) is 0 Å². The molecule has 0 radical (unpaired) electrons. The first kappa shape index (κ1) is 11.0. The molecule has 18 heavy (non-hydrogen) atoms. The normalized spacial score (nSPS) is 15.0. The van der Waals surface area contributed by atoms with E-state index in [2.05, 4.69) is 4.98 Å². The predicted molar refractivity (Wildman–Crippen MR) is 67.2 cm³/mol. The monoisotopic (exact) mass is 243 g/mol. The van der Waals surface area contributed by atoms with E-state index in [0.717, 1.165) is 16.5 Å². The number of aromatic nitrogens is 1. The van der Waals surface area contributed by atoms with Gasteiger partial charge in [-0.05, 0) is 24.6 Å². The summed E-state index contributed by atoms with van der Waals surface area (Å²) in [6, 6.07) is 3.73. The highest BCUT2D eigenvalue weighted by Crippen LogP contribution is 2.32. The largest absolute Gasteiger partial charge is 0.361 e. The van der Waals surface area contributed by atoms with Crippen molar-refractivity contribution in [1.82, 2.24) is 15.0 Å². The van der Waals surface area contributed by atoms with Crippen LogP contribution in [0.25, 0.3) is 10.9 Å². The van der Waals surface area contributed by atoms with Gasteiger partial charge in [0.25, 0.3) is 11.8 Å². The van der Waals surface area contributed by atoms with Crippen LogP contribution in [-0.2, 0) is 0 Å².